The third kappa shape index (κ3) is 4.94. The standard InChI is InChI=1S/C23H19N5O3/c1-30-20-8-3-2-7-19(20)28-21-18(6-4-13-24-21)22(29)27-16-9-11-17(12-10-16)31-23-25-14-5-15-26-23/h2-15H,1H3,(H,24,28)(H,27,29). The monoisotopic (exact) mass is 413 g/mol. The molecular weight excluding hydrogens is 394 g/mol. The van der Waals surface area contributed by atoms with Crippen LogP contribution in [0.4, 0.5) is 17.2 Å². The summed E-state index contributed by atoms with van der Waals surface area (Å²) in [7, 11) is 1.59. The molecule has 0 aliphatic heterocycles. The second-order valence-electron chi connectivity index (χ2n) is 6.34. The number of methoxy groups -OCH3 is 1. The van der Waals surface area contributed by atoms with Crippen molar-refractivity contribution in [3.8, 4) is 17.5 Å². The van der Waals surface area contributed by atoms with Gasteiger partial charge in [0.25, 0.3) is 5.91 Å². The number of para-hydroxylation sites is 2. The van der Waals surface area contributed by atoms with E-state index < -0.39 is 0 Å². The van der Waals surface area contributed by atoms with E-state index in [1.807, 2.05) is 24.3 Å². The van der Waals surface area contributed by atoms with Crippen LogP contribution in [0.5, 0.6) is 17.5 Å². The first kappa shape index (κ1) is 19.8. The molecule has 0 saturated heterocycles. The largest absolute Gasteiger partial charge is 0.495 e. The SMILES string of the molecule is COc1ccccc1Nc1ncccc1C(=O)Nc1ccc(Oc2ncccn2)cc1. The molecule has 0 fully saturated rings. The molecule has 2 aromatic carbocycles. The van der Waals surface area contributed by atoms with Crippen molar-refractivity contribution in [1.82, 2.24) is 15.0 Å². The maximum atomic E-state index is 12.9. The predicted octanol–water partition coefficient (Wildman–Crippen LogP) is 4.67. The van der Waals surface area contributed by atoms with Gasteiger partial charge in [-0.15, -0.1) is 0 Å². The molecule has 0 aliphatic rings. The zero-order chi connectivity index (χ0) is 21.5. The zero-order valence-electron chi connectivity index (χ0n) is 16.6. The Bertz CT molecular complexity index is 1170. The summed E-state index contributed by atoms with van der Waals surface area (Å²) in [6, 6.07) is 19.7. The normalized spacial score (nSPS) is 10.2. The second kappa shape index (κ2) is 9.36. The van der Waals surface area contributed by atoms with Crippen molar-refractivity contribution in [2.45, 2.75) is 0 Å². The number of carbonyl (C=O) groups is 1. The van der Waals surface area contributed by atoms with Crippen molar-refractivity contribution >= 4 is 23.1 Å². The smallest absolute Gasteiger partial charge is 0.321 e. The number of nitrogens with one attached hydrogen (secondary N) is 2. The van der Waals surface area contributed by atoms with Gasteiger partial charge >= 0.3 is 6.01 Å². The molecule has 2 N–H and O–H groups in total. The lowest BCUT2D eigenvalue weighted by atomic mass is 10.2. The van der Waals surface area contributed by atoms with Gasteiger partial charge in [-0.3, -0.25) is 4.79 Å². The van der Waals surface area contributed by atoms with Crippen molar-refractivity contribution in [1.29, 1.82) is 0 Å². The van der Waals surface area contributed by atoms with E-state index in [0.717, 1.165) is 0 Å². The average Bonchev–Trinajstić information content (AvgIpc) is 2.82. The molecule has 4 rings (SSSR count). The fourth-order valence-electron chi connectivity index (χ4n) is 2.81. The predicted molar refractivity (Wildman–Crippen MR) is 117 cm³/mol. The van der Waals surface area contributed by atoms with Crippen LogP contribution >= 0.6 is 0 Å². The number of carbonyl (C=O) groups excluding carboxylic acids is 1. The van der Waals surface area contributed by atoms with Gasteiger partial charge in [-0.05, 0) is 54.6 Å². The van der Waals surface area contributed by atoms with Crippen molar-refractivity contribution in [2.24, 2.45) is 0 Å². The van der Waals surface area contributed by atoms with Crippen LogP contribution in [0.3, 0.4) is 0 Å². The number of benzene rings is 2. The summed E-state index contributed by atoms with van der Waals surface area (Å²) >= 11 is 0. The summed E-state index contributed by atoms with van der Waals surface area (Å²) in [6.07, 6.45) is 4.81. The minimum absolute atomic E-state index is 0.252. The van der Waals surface area contributed by atoms with Gasteiger partial charge in [-0.25, -0.2) is 15.0 Å². The van der Waals surface area contributed by atoms with Crippen LogP contribution in [0.15, 0.2) is 85.3 Å². The molecule has 4 aromatic rings. The number of ether oxygens (including phenoxy) is 2. The molecule has 0 bridgehead atoms. The molecule has 2 heterocycles. The molecular formula is C23H19N5O3. The highest BCUT2D eigenvalue weighted by Gasteiger charge is 2.14. The molecule has 0 radical (unpaired) electrons. The number of pyridine rings is 1. The minimum atomic E-state index is -0.300. The van der Waals surface area contributed by atoms with Crippen molar-refractivity contribution in [3.05, 3.63) is 90.9 Å². The van der Waals surface area contributed by atoms with E-state index in [0.29, 0.717) is 34.3 Å². The molecule has 1 amide bonds. The number of amides is 1. The van der Waals surface area contributed by atoms with Crippen molar-refractivity contribution < 1.29 is 14.3 Å². The van der Waals surface area contributed by atoms with Crippen LogP contribution in [-0.4, -0.2) is 28.0 Å². The van der Waals surface area contributed by atoms with Gasteiger partial charge in [0.1, 0.15) is 17.3 Å². The first-order chi connectivity index (χ1) is 15.2. The van der Waals surface area contributed by atoms with E-state index in [4.69, 9.17) is 9.47 Å². The Kier molecular flexibility index (Phi) is 5.99. The molecule has 31 heavy (non-hydrogen) atoms. The molecule has 2 aromatic heterocycles. The highest BCUT2D eigenvalue weighted by Crippen LogP contribution is 2.28. The van der Waals surface area contributed by atoms with E-state index in [2.05, 4.69) is 25.6 Å². The van der Waals surface area contributed by atoms with Crippen LogP contribution in [0.25, 0.3) is 0 Å². The Morgan fingerprint density at radius 1 is 0.839 bits per heavy atom. The molecule has 8 heteroatoms. The number of hydrogen-bond acceptors (Lipinski definition) is 7. The number of hydrogen-bond donors (Lipinski definition) is 2. The average molecular weight is 413 g/mol. The summed E-state index contributed by atoms with van der Waals surface area (Å²) < 4.78 is 10.9. The maximum Gasteiger partial charge on any atom is 0.321 e. The summed E-state index contributed by atoms with van der Waals surface area (Å²) in [5.74, 6) is 1.33. The fourth-order valence-corrected chi connectivity index (χ4v) is 2.81. The van der Waals surface area contributed by atoms with Crippen molar-refractivity contribution in [2.75, 3.05) is 17.7 Å². The topological polar surface area (TPSA) is 98.3 Å². The number of nitrogens with zero attached hydrogens (tertiary/aromatic N) is 3. The highest BCUT2D eigenvalue weighted by atomic mass is 16.5. The summed E-state index contributed by atoms with van der Waals surface area (Å²) in [5, 5.41) is 6.03. The number of aromatic nitrogens is 3. The number of anilines is 3. The van der Waals surface area contributed by atoms with Gasteiger partial charge in [0.15, 0.2) is 0 Å². The zero-order valence-corrected chi connectivity index (χ0v) is 16.6. The first-order valence-electron chi connectivity index (χ1n) is 9.44. The molecule has 8 nitrogen and oxygen atoms in total. The van der Waals surface area contributed by atoms with Crippen LogP contribution in [-0.2, 0) is 0 Å². The molecule has 0 aliphatic carbocycles. The Morgan fingerprint density at radius 3 is 2.35 bits per heavy atom. The van der Waals surface area contributed by atoms with Crippen LogP contribution < -0.4 is 20.1 Å². The molecule has 154 valence electrons. The summed E-state index contributed by atoms with van der Waals surface area (Å²) in [6.45, 7) is 0. The molecule has 0 saturated carbocycles. The van der Waals surface area contributed by atoms with Gasteiger partial charge in [-0.1, -0.05) is 12.1 Å². The Labute approximate surface area is 178 Å². The van der Waals surface area contributed by atoms with Gasteiger partial charge < -0.3 is 20.1 Å². The maximum absolute atomic E-state index is 12.9. The van der Waals surface area contributed by atoms with Crippen LogP contribution in [0, 0.1) is 0 Å². The first-order valence-corrected chi connectivity index (χ1v) is 9.44. The minimum Gasteiger partial charge on any atom is -0.495 e. The lowest BCUT2D eigenvalue weighted by Crippen LogP contribution is -2.14. The van der Waals surface area contributed by atoms with E-state index in [1.54, 1.807) is 68.2 Å². The van der Waals surface area contributed by atoms with Gasteiger partial charge in [0.05, 0.1) is 18.4 Å². The highest BCUT2D eigenvalue weighted by molar-refractivity contribution is 6.07. The van der Waals surface area contributed by atoms with Crippen molar-refractivity contribution in [3.63, 3.8) is 0 Å². The van der Waals surface area contributed by atoms with E-state index in [9.17, 15) is 4.79 Å². The van der Waals surface area contributed by atoms with Crippen LogP contribution in [0.2, 0.25) is 0 Å². The third-order valence-electron chi connectivity index (χ3n) is 4.28. The Balaban J connectivity index is 1.48. The molecule has 0 atom stereocenters. The Morgan fingerprint density at radius 2 is 1.58 bits per heavy atom. The van der Waals surface area contributed by atoms with E-state index in [-0.39, 0.29) is 11.9 Å². The van der Waals surface area contributed by atoms with Gasteiger partial charge in [-0.2, -0.15) is 0 Å². The third-order valence-corrected chi connectivity index (χ3v) is 4.28. The summed E-state index contributed by atoms with van der Waals surface area (Å²) in [5.41, 5.74) is 1.72. The molecule has 0 unspecified atom stereocenters. The van der Waals surface area contributed by atoms with Gasteiger partial charge in [0.2, 0.25) is 0 Å². The lowest BCUT2D eigenvalue weighted by Gasteiger charge is -2.13. The molecule has 0 spiro atoms. The quantitative estimate of drug-likeness (QED) is 0.454. The number of rotatable bonds is 7. The van der Waals surface area contributed by atoms with Gasteiger partial charge in [0, 0.05) is 24.3 Å². The van der Waals surface area contributed by atoms with E-state index in [1.165, 1.54) is 0 Å². The van der Waals surface area contributed by atoms with E-state index >= 15 is 0 Å². The van der Waals surface area contributed by atoms with Crippen LogP contribution in [0.1, 0.15) is 10.4 Å². The summed E-state index contributed by atoms with van der Waals surface area (Å²) in [4.78, 5) is 25.2. The Hall–Kier alpha value is -4.46. The fraction of sp³-hybridized carbons (Fsp3) is 0.0435. The lowest BCUT2D eigenvalue weighted by molar-refractivity contribution is 0.102. The second-order valence-corrected chi connectivity index (χ2v) is 6.34.